The number of hydrogen-bond acceptors (Lipinski definition) is 4. The highest BCUT2D eigenvalue weighted by Crippen LogP contribution is 2.43. The Labute approximate surface area is 191 Å². The molecule has 32 heavy (non-hydrogen) atoms. The normalized spacial score (nSPS) is 17.6. The van der Waals surface area contributed by atoms with E-state index in [1.54, 1.807) is 18.2 Å². The molecular weight excluding hydrogens is 426 g/mol. The van der Waals surface area contributed by atoms with Crippen LogP contribution in [0.25, 0.3) is 5.76 Å². The van der Waals surface area contributed by atoms with Gasteiger partial charge in [0.25, 0.3) is 11.7 Å². The molecule has 0 saturated carbocycles. The lowest BCUT2D eigenvalue weighted by Crippen LogP contribution is -2.29. The third-order valence-corrected chi connectivity index (χ3v) is 5.93. The summed E-state index contributed by atoms with van der Waals surface area (Å²) in [5.41, 5.74) is 3.55. The van der Waals surface area contributed by atoms with Crippen LogP contribution >= 0.6 is 11.6 Å². The molecule has 1 atom stereocenters. The third kappa shape index (κ3) is 3.65. The number of halogens is 1. The molecule has 1 aliphatic rings. The van der Waals surface area contributed by atoms with Crippen LogP contribution < -0.4 is 9.64 Å². The SMILES string of the molecule is COc1ccc(/C(O)=C2\C(=O)C(=O)N(c3cccc(C)c3)C2c2ccccc2C)cc1Cl. The number of aliphatic hydroxyl groups excluding tert-OH is 1. The van der Waals surface area contributed by atoms with Gasteiger partial charge in [-0.15, -0.1) is 0 Å². The van der Waals surface area contributed by atoms with Crippen LogP contribution in [0, 0.1) is 13.8 Å². The number of anilines is 1. The zero-order chi connectivity index (χ0) is 23.0. The number of ether oxygens (including phenoxy) is 1. The van der Waals surface area contributed by atoms with E-state index in [-0.39, 0.29) is 16.4 Å². The number of amides is 1. The van der Waals surface area contributed by atoms with E-state index >= 15 is 0 Å². The first-order valence-corrected chi connectivity index (χ1v) is 10.5. The van der Waals surface area contributed by atoms with Gasteiger partial charge in [0.15, 0.2) is 0 Å². The first-order valence-electron chi connectivity index (χ1n) is 10.1. The van der Waals surface area contributed by atoms with Crippen LogP contribution in [0.15, 0.2) is 72.3 Å². The lowest BCUT2D eigenvalue weighted by molar-refractivity contribution is -0.132. The zero-order valence-electron chi connectivity index (χ0n) is 17.9. The molecule has 1 saturated heterocycles. The van der Waals surface area contributed by atoms with Gasteiger partial charge in [-0.3, -0.25) is 14.5 Å². The monoisotopic (exact) mass is 447 g/mol. The molecule has 1 heterocycles. The van der Waals surface area contributed by atoms with E-state index in [9.17, 15) is 14.7 Å². The molecule has 0 aromatic heterocycles. The Morgan fingerprint density at radius 2 is 1.75 bits per heavy atom. The number of nitrogens with zero attached hydrogens (tertiary/aromatic N) is 1. The van der Waals surface area contributed by atoms with Gasteiger partial charge < -0.3 is 9.84 Å². The second-order valence-electron chi connectivity index (χ2n) is 7.71. The van der Waals surface area contributed by atoms with Gasteiger partial charge in [0.2, 0.25) is 0 Å². The van der Waals surface area contributed by atoms with Crippen molar-refractivity contribution in [2.24, 2.45) is 0 Å². The van der Waals surface area contributed by atoms with Crippen molar-refractivity contribution in [2.75, 3.05) is 12.0 Å². The number of aliphatic hydroxyl groups is 1. The van der Waals surface area contributed by atoms with Crippen LogP contribution in [0.2, 0.25) is 5.02 Å². The number of Topliss-reactive ketones (excluding diaryl/α,β-unsaturated/α-hetero) is 1. The molecule has 0 spiro atoms. The number of carbonyl (C=O) groups is 2. The summed E-state index contributed by atoms with van der Waals surface area (Å²) in [5.74, 6) is -1.27. The number of ketones is 1. The average molecular weight is 448 g/mol. The maximum atomic E-state index is 13.2. The summed E-state index contributed by atoms with van der Waals surface area (Å²) in [6, 6.07) is 18.9. The van der Waals surface area contributed by atoms with Crippen molar-refractivity contribution in [3.63, 3.8) is 0 Å². The van der Waals surface area contributed by atoms with Gasteiger partial charge in [-0.1, -0.05) is 48.0 Å². The Kier molecular flexibility index (Phi) is 5.76. The molecule has 162 valence electrons. The van der Waals surface area contributed by atoms with E-state index in [1.807, 2.05) is 56.3 Å². The van der Waals surface area contributed by atoms with Gasteiger partial charge in [-0.2, -0.15) is 0 Å². The number of rotatable bonds is 4. The lowest BCUT2D eigenvalue weighted by Gasteiger charge is -2.27. The first-order chi connectivity index (χ1) is 15.3. The minimum Gasteiger partial charge on any atom is -0.507 e. The Bertz CT molecular complexity index is 1260. The highest BCUT2D eigenvalue weighted by Gasteiger charge is 2.47. The number of benzene rings is 3. The van der Waals surface area contributed by atoms with Gasteiger partial charge >= 0.3 is 0 Å². The molecule has 5 nitrogen and oxygen atoms in total. The van der Waals surface area contributed by atoms with Crippen molar-refractivity contribution in [2.45, 2.75) is 19.9 Å². The van der Waals surface area contributed by atoms with Gasteiger partial charge in [0.1, 0.15) is 11.5 Å². The van der Waals surface area contributed by atoms with E-state index in [0.29, 0.717) is 17.0 Å². The van der Waals surface area contributed by atoms with Crippen LogP contribution in [0.3, 0.4) is 0 Å². The summed E-state index contributed by atoms with van der Waals surface area (Å²) in [5, 5.41) is 11.5. The van der Waals surface area contributed by atoms with Crippen LogP contribution in [-0.4, -0.2) is 23.9 Å². The number of carbonyl (C=O) groups excluding carboxylic acids is 2. The van der Waals surface area contributed by atoms with Crippen molar-refractivity contribution in [3.05, 3.63) is 99.6 Å². The van der Waals surface area contributed by atoms with Crippen LogP contribution in [-0.2, 0) is 9.59 Å². The van der Waals surface area contributed by atoms with Crippen molar-refractivity contribution in [3.8, 4) is 5.75 Å². The molecule has 6 heteroatoms. The predicted molar refractivity (Wildman–Crippen MR) is 125 cm³/mol. The molecule has 1 fully saturated rings. The van der Waals surface area contributed by atoms with Gasteiger partial charge in [-0.25, -0.2) is 0 Å². The van der Waals surface area contributed by atoms with Crippen molar-refractivity contribution >= 4 is 34.7 Å². The summed E-state index contributed by atoms with van der Waals surface area (Å²) in [7, 11) is 1.49. The summed E-state index contributed by atoms with van der Waals surface area (Å²) >= 11 is 6.24. The molecule has 1 N–H and O–H groups in total. The van der Waals surface area contributed by atoms with Gasteiger partial charge in [0.05, 0.1) is 23.7 Å². The topological polar surface area (TPSA) is 66.8 Å². The fourth-order valence-corrected chi connectivity index (χ4v) is 4.29. The standard InChI is InChI=1S/C26H22ClNO4/c1-15-7-6-9-18(13-15)28-23(19-10-5-4-8-16(19)2)22(25(30)26(28)31)24(29)17-11-12-21(32-3)20(27)14-17/h4-14,23,29H,1-3H3/b24-22+. The van der Waals surface area contributed by atoms with E-state index < -0.39 is 17.7 Å². The van der Waals surface area contributed by atoms with Crippen molar-refractivity contribution in [1.29, 1.82) is 0 Å². The largest absolute Gasteiger partial charge is 0.507 e. The van der Waals surface area contributed by atoms with Gasteiger partial charge in [-0.05, 0) is 60.9 Å². The quantitative estimate of drug-likeness (QED) is 0.321. The van der Waals surface area contributed by atoms with Crippen molar-refractivity contribution in [1.82, 2.24) is 0 Å². The maximum Gasteiger partial charge on any atom is 0.300 e. The zero-order valence-corrected chi connectivity index (χ0v) is 18.7. The molecule has 4 rings (SSSR count). The Hall–Kier alpha value is -3.57. The molecule has 1 unspecified atom stereocenters. The van der Waals surface area contributed by atoms with E-state index in [1.165, 1.54) is 18.1 Å². The van der Waals surface area contributed by atoms with Crippen LogP contribution in [0.5, 0.6) is 5.75 Å². The summed E-state index contributed by atoms with van der Waals surface area (Å²) in [4.78, 5) is 27.9. The third-order valence-electron chi connectivity index (χ3n) is 5.63. The smallest absolute Gasteiger partial charge is 0.300 e. The number of aryl methyl sites for hydroxylation is 2. The Morgan fingerprint density at radius 1 is 1.00 bits per heavy atom. The van der Waals surface area contributed by atoms with Crippen LogP contribution in [0.1, 0.15) is 28.3 Å². The fraction of sp³-hybridized carbons (Fsp3) is 0.154. The van der Waals surface area contributed by atoms with Crippen LogP contribution in [0.4, 0.5) is 5.69 Å². The molecule has 3 aromatic rings. The molecular formula is C26H22ClNO4. The average Bonchev–Trinajstić information content (AvgIpc) is 3.04. The summed E-state index contributed by atoms with van der Waals surface area (Å²) in [6.07, 6.45) is 0. The molecule has 0 aliphatic carbocycles. The first kappa shape index (κ1) is 21.7. The summed E-state index contributed by atoms with van der Waals surface area (Å²) < 4.78 is 5.18. The Morgan fingerprint density at radius 3 is 2.41 bits per heavy atom. The van der Waals surface area contributed by atoms with E-state index in [4.69, 9.17) is 16.3 Å². The van der Waals surface area contributed by atoms with Gasteiger partial charge in [0, 0.05) is 11.3 Å². The number of methoxy groups -OCH3 is 1. The molecule has 1 aliphatic heterocycles. The minimum absolute atomic E-state index is 0.0204. The molecule has 0 radical (unpaired) electrons. The van der Waals surface area contributed by atoms with E-state index in [2.05, 4.69) is 0 Å². The maximum absolute atomic E-state index is 13.2. The number of hydrogen-bond donors (Lipinski definition) is 1. The molecule has 3 aromatic carbocycles. The minimum atomic E-state index is -0.779. The summed E-state index contributed by atoms with van der Waals surface area (Å²) in [6.45, 7) is 3.83. The lowest BCUT2D eigenvalue weighted by atomic mass is 9.92. The highest BCUT2D eigenvalue weighted by atomic mass is 35.5. The highest BCUT2D eigenvalue weighted by molar-refractivity contribution is 6.51. The molecule has 1 amide bonds. The second kappa shape index (κ2) is 8.52. The van der Waals surface area contributed by atoms with Crippen molar-refractivity contribution < 1.29 is 19.4 Å². The predicted octanol–water partition coefficient (Wildman–Crippen LogP) is 5.59. The fourth-order valence-electron chi connectivity index (χ4n) is 4.03. The Balaban J connectivity index is 1.97. The molecule has 0 bridgehead atoms. The second-order valence-corrected chi connectivity index (χ2v) is 8.12. The van der Waals surface area contributed by atoms with E-state index in [0.717, 1.165) is 16.7 Å².